The number of hydrogen-bond donors (Lipinski definition) is 1. The zero-order valence-electron chi connectivity index (χ0n) is 17.4. The van der Waals surface area contributed by atoms with Gasteiger partial charge in [0.25, 0.3) is 11.8 Å². The lowest BCUT2D eigenvalue weighted by molar-refractivity contribution is 0.0761. The van der Waals surface area contributed by atoms with Crippen molar-refractivity contribution in [2.24, 2.45) is 0 Å². The average Bonchev–Trinajstić information content (AvgIpc) is 3.13. The minimum atomic E-state index is -0.532. The molecular formula is C23H23FN4O3S. The van der Waals surface area contributed by atoms with Crippen molar-refractivity contribution in [1.82, 2.24) is 15.1 Å². The number of likely N-dealkylation sites (tertiary alicyclic amines) is 1. The topological polar surface area (TPSA) is 84.4 Å². The van der Waals surface area contributed by atoms with Gasteiger partial charge < -0.3 is 15.0 Å². The Bertz CT molecular complexity index is 1080. The molecule has 1 fully saturated rings. The number of nitrogens with one attached hydrogen (secondary N) is 1. The zero-order valence-corrected chi connectivity index (χ0v) is 18.2. The summed E-state index contributed by atoms with van der Waals surface area (Å²) >= 11 is 1.07. The Morgan fingerprint density at radius 3 is 2.44 bits per heavy atom. The van der Waals surface area contributed by atoms with Crippen LogP contribution in [0, 0.1) is 5.82 Å². The quantitative estimate of drug-likeness (QED) is 0.592. The Balaban J connectivity index is 1.31. The van der Waals surface area contributed by atoms with E-state index in [2.05, 4.69) is 15.5 Å². The molecule has 1 aliphatic rings. The van der Waals surface area contributed by atoms with Gasteiger partial charge in [0.1, 0.15) is 18.2 Å². The Morgan fingerprint density at radius 1 is 1.00 bits per heavy atom. The van der Waals surface area contributed by atoms with Crippen molar-refractivity contribution < 1.29 is 18.7 Å². The number of ether oxygens (including phenoxy) is 1. The lowest BCUT2D eigenvalue weighted by Gasteiger charge is -2.20. The molecule has 4 rings (SSSR count). The van der Waals surface area contributed by atoms with Gasteiger partial charge in [0.05, 0.1) is 5.69 Å². The molecule has 1 aliphatic heterocycles. The zero-order chi connectivity index (χ0) is 22.3. The molecular weight excluding hydrogens is 431 g/mol. The van der Waals surface area contributed by atoms with Crippen LogP contribution >= 0.6 is 11.3 Å². The number of hydrogen-bond acceptors (Lipinski definition) is 6. The fraction of sp³-hybridized carbons (Fsp3) is 0.304. The average molecular weight is 455 g/mol. The molecule has 0 unspecified atom stereocenters. The SMILES string of the molecule is O=C(Nc1ccccc1F)c1nnc(COc2ccc(C(=O)N3CCCCCC3)cc2)s1. The highest BCUT2D eigenvalue weighted by Crippen LogP contribution is 2.20. The van der Waals surface area contributed by atoms with Gasteiger partial charge in [0.15, 0.2) is 5.01 Å². The molecule has 0 spiro atoms. The van der Waals surface area contributed by atoms with Crippen LogP contribution in [-0.2, 0) is 6.61 Å². The van der Waals surface area contributed by atoms with Gasteiger partial charge in [0.2, 0.25) is 5.01 Å². The van der Waals surface area contributed by atoms with E-state index in [0.717, 1.165) is 37.3 Å². The normalized spacial score (nSPS) is 14.0. The Hall–Kier alpha value is -3.33. The number of aromatic nitrogens is 2. The maximum atomic E-state index is 13.7. The van der Waals surface area contributed by atoms with E-state index in [4.69, 9.17) is 4.74 Å². The second kappa shape index (κ2) is 10.3. The molecule has 32 heavy (non-hydrogen) atoms. The molecule has 7 nitrogen and oxygen atoms in total. The second-order valence-corrected chi connectivity index (χ2v) is 8.52. The monoisotopic (exact) mass is 454 g/mol. The number of nitrogens with zero attached hydrogens (tertiary/aromatic N) is 3. The molecule has 0 saturated carbocycles. The number of benzene rings is 2. The van der Waals surface area contributed by atoms with Crippen LogP contribution < -0.4 is 10.1 Å². The Labute approximate surface area is 189 Å². The summed E-state index contributed by atoms with van der Waals surface area (Å²) in [5, 5.41) is 10.9. The molecule has 1 aromatic heterocycles. The Morgan fingerprint density at radius 2 is 1.72 bits per heavy atom. The van der Waals surface area contributed by atoms with E-state index in [9.17, 15) is 14.0 Å². The fourth-order valence-electron chi connectivity index (χ4n) is 3.44. The van der Waals surface area contributed by atoms with Crippen molar-refractivity contribution in [1.29, 1.82) is 0 Å². The summed E-state index contributed by atoms with van der Waals surface area (Å²) in [7, 11) is 0. The number of carbonyl (C=O) groups excluding carboxylic acids is 2. The van der Waals surface area contributed by atoms with Gasteiger partial charge in [-0.2, -0.15) is 0 Å². The van der Waals surface area contributed by atoms with E-state index >= 15 is 0 Å². The molecule has 166 valence electrons. The van der Waals surface area contributed by atoms with Gasteiger partial charge in [-0.15, -0.1) is 10.2 Å². The molecule has 0 aliphatic carbocycles. The van der Waals surface area contributed by atoms with Gasteiger partial charge in [-0.05, 0) is 49.2 Å². The maximum absolute atomic E-state index is 13.7. The van der Waals surface area contributed by atoms with E-state index in [-0.39, 0.29) is 23.2 Å². The highest BCUT2D eigenvalue weighted by atomic mass is 32.1. The summed E-state index contributed by atoms with van der Waals surface area (Å²) in [6, 6.07) is 12.9. The number of amides is 2. The van der Waals surface area contributed by atoms with E-state index in [0.29, 0.717) is 16.3 Å². The van der Waals surface area contributed by atoms with Crippen molar-refractivity contribution in [2.45, 2.75) is 32.3 Å². The summed E-state index contributed by atoms with van der Waals surface area (Å²) in [4.78, 5) is 26.8. The third kappa shape index (κ3) is 5.47. The highest BCUT2D eigenvalue weighted by molar-refractivity contribution is 7.13. The van der Waals surface area contributed by atoms with Crippen LogP contribution in [0.5, 0.6) is 5.75 Å². The van der Waals surface area contributed by atoms with Gasteiger partial charge >= 0.3 is 0 Å². The molecule has 2 aromatic carbocycles. The maximum Gasteiger partial charge on any atom is 0.286 e. The lowest BCUT2D eigenvalue weighted by atomic mass is 10.2. The first-order chi connectivity index (χ1) is 15.6. The fourth-order valence-corrected chi connectivity index (χ4v) is 4.09. The second-order valence-electron chi connectivity index (χ2n) is 7.45. The largest absolute Gasteiger partial charge is 0.486 e. The summed E-state index contributed by atoms with van der Waals surface area (Å²) in [5.41, 5.74) is 0.725. The van der Waals surface area contributed by atoms with Crippen LogP contribution in [0.3, 0.4) is 0 Å². The third-order valence-electron chi connectivity index (χ3n) is 5.14. The summed E-state index contributed by atoms with van der Waals surface area (Å²) in [5.74, 6) is -0.417. The molecule has 0 atom stereocenters. The van der Waals surface area contributed by atoms with Crippen molar-refractivity contribution >= 4 is 28.8 Å². The molecule has 9 heteroatoms. The van der Waals surface area contributed by atoms with Crippen molar-refractivity contribution in [3.8, 4) is 5.75 Å². The number of carbonyl (C=O) groups is 2. The molecule has 0 radical (unpaired) electrons. The van der Waals surface area contributed by atoms with Crippen molar-refractivity contribution in [3.05, 3.63) is 69.9 Å². The van der Waals surface area contributed by atoms with Crippen molar-refractivity contribution in [3.63, 3.8) is 0 Å². The minimum absolute atomic E-state index is 0.0491. The van der Waals surface area contributed by atoms with Gasteiger partial charge in [-0.1, -0.05) is 36.3 Å². The van der Waals surface area contributed by atoms with Gasteiger partial charge in [-0.25, -0.2) is 4.39 Å². The predicted octanol–water partition coefficient (Wildman–Crippen LogP) is 4.52. The minimum Gasteiger partial charge on any atom is -0.486 e. The van der Waals surface area contributed by atoms with Crippen LogP contribution in [0.15, 0.2) is 48.5 Å². The summed E-state index contributed by atoms with van der Waals surface area (Å²) in [6.45, 7) is 1.74. The van der Waals surface area contributed by atoms with Crippen LogP contribution in [-0.4, -0.2) is 40.0 Å². The van der Waals surface area contributed by atoms with Crippen LogP contribution in [0.2, 0.25) is 0 Å². The van der Waals surface area contributed by atoms with E-state index in [1.807, 2.05) is 4.90 Å². The van der Waals surface area contributed by atoms with Crippen LogP contribution in [0.4, 0.5) is 10.1 Å². The first-order valence-electron chi connectivity index (χ1n) is 10.5. The van der Waals surface area contributed by atoms with E-state index < -0.39 is 11.7 Å². The number of halogens is 1. The molecule has 1 saturated heterocycles. The predicted molar refractivity (Wildman–Crippen MR) is 119 cm³/mol. The summed E-state index contributed by atoms with van der Waals surface area (Å²) in [6.07, 6.45) is 4.45. The summed E-state index contributed by atoms with van der Waals surface area (Å²) < 4.78 is 19.4. The first kappa shape index (κ1) is 21.9. The number of rotatable bonds is 6. The first-order valence-corrected chi connectivity index (χ1v) is 11.3. The van der Waals surface area contributed by atoms with E-state index in [1.54, 1.807) is 36.4 Å². The molecule has 2 heterocycles. The number of para-hydroxylation sites is 1. The van der Waals surface area contributed by atoms with Crippen molar-refractivity contribution in [2.75, 3.05) is 18.4 Å². The van der Waals surface area contributed by atoms with E-state index in [1.165, 1.54) is 25.0 Å². The standard InChI is InChI=1S/C23H23FN4O3S/c24-18-7-3-4-8-19(18)25-21(29)22-27-26-20(32-22)15-31-17-11-9-16(10-12-17)23(30)28-13-5-1-2-6-14-28/h3-4,7-12H,1-2,5-6,13-15H2,(H,25,29). The molecule has 1 N–H and O–H groups in total. The highest BCUT2D eigenvalue weighted by Gasteiger charge is 2.18. The van der Waals surface area contributed by atoms with Crippen LogP contribution in [0.25, 0.3) is 0 Å². The van der Waals surface area contributed by atoms with Gasteiger partial charge in [-0.3, -0.25) is 9.59 Å². The molecule has 2 amide bonds. The Kier molecular flexibility index (Phi) is 7.06. The third-order valence-corrected chi connectivity index (χ3v) is 6.04. The lowest BCUT2D eigenvalue weighted by Crippen LogP contribution is -2.31. The smallest absolute Gasteiger partial charge is 0.286 e. The molecule has 3 aromatic rings. The molecule has 0 bridgehead atoms. The number of anilines is 1. The van der Waals surface area contributed by atoms with Crippen LogP contribution in [0.1, 0.15) is 50.9 Å². The van der Waals surface area contributed by atoms with Gasteiger partial charge in [0, 0.05) is 18.7 Å².